The van der Waals surface area contributed by atoms with Gasteiger partial charge in [0.25, 0.3) is 0 Å². The van der Waals surface area contributed by atoms with Crippen molar-refractivity contribution in [3.63, 3.8) is 0 Å². The van der Waals surface area contributed by atoms with Crippen molar-refractivity contribution in [2.75, 3.05) is 11.4 Å². The summed E-state index contributed by atoms with van der Waals surface area (Å²) >= 11 is 0. The predicted octanol–water partition coefficient (Wildman–Crippen LogP) is 2.84. The van der Waals surface area contributed by atoms with Crippen LogP contribution in [-0.4, -0.2) is 18.4 Å². The summed E-state index contributed by atoms with van der Waals surface area (Å²) in [6, 6.07) is 15.6. The summed E-state index contributed by atoms with van der Waals surface area (Å²) in [6.07, 6.45) is 0.806. The van der Waals surface area contributed by atoms with Gasteiger partial charge in [-0.15, -0.1) is 0 Å². The number of nitrogens with two attached hydrogens (primary N) is 1. The summed E-state index contributed by atoms with van der Waals surface area (Å²) in [5, 5.41) is 0. The second-order valence-electron chi connectivity index (χ2n) is 6.05. The molecule has 2 N–H and O–H groups in total. The number of nitrogens with zero attached hydrogens (tertiary/aromatic N) is 1. The van der Waals surface area contributed by atoms with Crippen LogP contribution in [0.25, 0.3) is 0 Å². The van der Waals surface area contributed by atoms with E-state index in [1.54, 1.807) is 11.0 Å². The molecule has 0 aliphatic heterocycles. The number of rotatable bonds is 6. The fourth-order valence-corrected chi connectivity index (χ4v) is 2.97. The zero-order valence-corrected chi connectivity index (χ0v) is 13.2. The maximum absolute atomic E-state index is 13.4. The molecule has 0 aromatic heterocycles. The maximum atomic E-state index is 13.4. The van der Waals surface area contributed by atoms with Crippen LogP contribution in [0.3, 0.4) is 0 Å². The molecule has 24 heavy (non-hydrogen) atoms. The number of carbonyl (C=O) groups excluding carboxylic acids is 2. The highest BCUT2D eigenvalue weighted by Gasteiger charge is 2.46. The van der Waals surface area contributed by atoms with Crippen molar-refractivity contribution in [2.45, 2.75) is 18.8 Å². The molecule has 3 rings (SSSR count). The molecule has 2 aromatic rings. The van der Waals surface area contributed by atoms with Crippen LogP contribution in [-0.2, 0) is 9.59 Å². The molecule has 5 heteroatoms. The lowest BCUT2D eigenvalue weighted by molar-refractivity contribution is -0.120. The van der Waals surface area contributed by atoms with Crippen LogP contribution < -0.4 is 10.6 Å². The molecule has 2 aromatic carbocycles. The van der Waals surface area contributed by atoms with E-state index in [1.165, 1.54) is 12.1 Å². The van der Waals surface area contributed by atoms with Crippen LogP contribution in [0.5, 0.6) is 0 Å². The molecule has 0 bridgehead atoms. The third kappa shape index (κ3) is 3.62. The monoisotopic (exact) mass is 326 g/mol. The fraction of sp³-hybridized carbons (Fsp3) is 0.263. The van der Waals surface area contributed by atoms with Gasteiger partial charge in [-0.3, -0.25) is 9.59 Å². The molecule has 0 saturated heterocycles. The summed E-state index contributed by atoms with van der Waals surface area (Å²) in [5.41, 5.74) is 6.82. The number of hydrogen-bond donors (Lipinski definition) is 1. The zero-order valence-electron chi connectivity index (χ0n) is 13.2. The van der Waals surface area contributed by atoms with E-state index in [1.807, 2.05) is 36.4 Å². The van der Waals surface area contributed by atoms with Gasteiger partial charge in [0.15, 0.2) is 0 Å². The number of amides is 2. The molecular weight excluding hydrogens is 307 g/mol. The first-order valence-electron chi connectivity index (χ1n) is 7.96. The highest BCUT2D eigenvalue weighted by molar-refractivity contribution is 5.98. The van der Waals surface area contributed by atoms with Gasteiger partial charge in [0.05, 0.1) is 0 Å². The van der Waals surface area contributed by atoms with Gasteiger partial charge in [0.1, 0.15) is 5.82 Å². The van der Waals surface area contributed by atoms with E-state index in [2.05, 4.69) is 0 Å². The minimum Gasteiger partial charge on any atom is -0.370 e. The van der Waals surface area contributed by atoms with E-state index >= 15 is 0 Å². The normalized spacial score (nSPS) is 18.9. The average Bonchev–Trinajstić information content (AvgIpc) is 3.36. The van der Waals surface area contributed by atoms with E-state index in [0.29, 0.717) is 6.42 Å². The fourth-order valence-electron chi connectivity index (χ4n) is 2.97. The van der Waals surface area contributed by atoms with Gasteiger partial charge in [-0.05, 0) is 42.2 Å². The minimum atomic E-state index is -0.443. The average molecular weight is 326 g/mol. The number of primary amides is 1. The summed E-state index contributed by atoms with van der Waals surface area (Å²) in [4.78, 5) is 25.6. The Morgan fingerprint density at radius 3 is 2.54 bits per heavy atom. The first-order valence-corrected chi connectivity index (χ1v) is 7.96. The van der Waals surface area contributed by atoms with E-state index < -0.39 is 5.91 Å². The summed E-state index contributed by atoms with van der Waals surface area (Å²) < 4.78 is 13.4. The first-order chi connectivity index (χ1) is 11.6. The Morgan fingerprint density at radius 2 is 1.88 bits per heavy atom. The molecule has 2 atom stereocenters. The molecule has 1 aliphatic carbocycles. The smallest absolute Gasteiger partial charge is 0.230 e. The Kier molecular flexibility index (Phi) is 4.60. The van der Waals surface area contributed by atoms with Crippen LogP contribution in [0.1, 0.15) is 24.3 Å². The lowest BCUT2D eigenvalue weighted by Crippen LogP contribution is -2.35. The minimum absolute atomic E-state index is 0.0352. The van der Waals surface area contributed by atoms with Crippen molar-refractivity contribution in [1.82, 2.24) is 0 Å². The van der Waals surface area contributed by atoms with E-state index in [-0.39, 0.29) is 36.5 Å². The topological polar surface area (TPSA) is 63.4 Å². The van der Waals surface area contributed by atoms with Crippen molar-refractivity contribution in [3.05, 3.63) is 66.0 Å². The van der Waals surface area contributed by atoms with E-state index in [0.717, 1.165) is 11.3 Å². The third-order valence-corrected chi connectivity index (χ3v) is 4.30. The molecule has 4 nitrogen and oxygen atoms in total. The lowest BCUT2D eigenvalue weighted by atomic mass is 10.1. The molecule has 0 radical (unpaired) electrons. The molecule has 2 amide bonds. The van der Waals surface area contributed by atoms with Crippen molar-refractivity contribution in [1.29, 1.82) is 0 Å². The zero-order chi connectivity index (χ0) is 17.1. The van der Waals surface area contributed by atoms with Crippen LogP contribution in [0.15, 0.2) is 54.6 Å². The molecule has 0 spiro atoms. The van der Waals surface area contributed by atoms with Crippen LogP contribution in [0.2, 0.25) is 0 Å². The number of anilines is 1. The van der Waals surface area contributed by atoms with Gasteiger partial charge in [0.2, 0.25) is 11.8 Å². The van der Waals surface area contributed by atoms with E-state index in [4.69, 9.17) is 5.73 Å². The number of benzene rings is 2. The van der Waals surface area contributed by atoms with Gasteiger partial charge < -0.3 is 10.6 Å². The van der Waals surface area contributed by atoms with Crippen molar-refractivity contribution >= 4 is 17.5 Å². The van der Waals surface area contributed by atoms with Crippen molar-refractivity contribution < 1.29 is 14.0 Å². The first kappa shape index (κ1) is 16.2. The molecule has 124 valence electrons. The summed E-state index contributed by atoms with van der Waals surface area (Å²) in [7, 11) is 0. The number of hydrogen-bond acceptors (Lipinski definition) is 2. The lowest BCUT2D eigenvalue weighted by Gasteiger charge is -2.22. The summed E-state index contributed by atoms with van der Waals surface area (Å²) in [5.74, 6) is -0.926. The Hall–Kier alpha value is -2.69. The van der Waals surface area contributed by atoms with Crippen molar-refractivity contribution in [2.24, 2.45) is 11.7 Å². The van der Waals surface area contributed by atoms with Crippen LogP contribution in [0, 0.1) is 11.7 Å². The maximum Gasteiger partial charge on any atom is 0.230 e. The highest BCUT2D eigenvalue weighted by atomic mass is 19.1. The molecule has 0 unspecified atom stereocenters. The van der Waals surface area contributed by atoms with Gasteiger partial charge in [-0.25, -0.2) is 4.39 Å². The predicted molar refractivity (Wildman–Crippen MR) is 89.9 cm³/mol. The van der Waals surface area contributed by atoms with Crippen LogP contribution >= 0.6 is 0 Å². The standard InChI is InChI=1S/C19H19FN2O2/c20-14-6-4-5-13(11-14)16-12-17(16)19(24)22(10-9-18(21)23)15-7-2-1-3-8-15/h1-8,11,16-17H,9-10,12H2,(H2,21,23)/t16-,17+/m0/s1. The molecular formula is C19H19FN2O2. The molecule has 1 fully saturated rings. The summed E-state index contributed by atoms with van der Waals surface area (Å²) in [6.45, 7) is 0.255. The highest BCUT2D eigenvalue weighted by Crippen LogP contribution is 2.49. The largest absolute Gasteiger partial charge is 0.370 e. The second-order valence-corrected chi connectivity index (χ2v) is 6.05. The van der Waals surface area contributed by atoms with Crippen molar-refractivity contribution in [3.8, 4) is 0 Å². The number of para-hydroxylation sites is 1. The number of halogens is 1. The molecule has 1 aliphatic rings. The molecule has 0 heterocycles. The molecule has 1 saturated carbocycles. The van der Waals surface area contributed by atoms with Crippen LogP contribution in [0.4, 0.5) is 10.1 Å². The van der Waals surface area contributed by atoms with Gasteiger partial charge in [-0.2, -0.15) is 0 Å². The Balaban J connectivity index is 1.76. The SMILES string of the molecule is NC(=O)CCN(C(=O)[C@@H]1C[C@H]1c1cccc(F)c1)c1ccccc1. The number of carbonyl (C=O) groups is 2. The quantitative estimate of drug-likeness (QED) is 0.887. The second kappa shape index (κ2) is 6.83. The Labute approximate surface area is 140 Å². The Bertz CT molecular complexity index is 748. The van der Waals surface area contributed by atoms with E-state index in [9.17, 15) is 14.0 Å². The van der Waals surface area contributed by atoms with Gasteiger partial charge in [-0.1, -0.05) is 30.3 Å². The van der Waals surface area contributed by atoms with Gasteiger partial charge in [0, 0.05) is 24.6 Å². The third-order valence-electron chi connectivity index (χ3n) is 4.30. The Morgan fingerprint density at radius 1 is 1.12 bits per heavy atom. The van der Waals surface area contributed by atoms with Gasteiger partial charge >= 0.3 is 0 Å².